The van der Waals surface area contributed by atoms with Gasteiger partial charge in [0.25, 0.3) is 0 Å². The van der Waals surface area contributed by atoms with Crippen LogP contribution in [0.4, 0.5) is 17.1 Å². The summed E-state index contributed by atoms with van der Waals surface area (Å²) in [5, 5.41) is 8.58. The third kappa shape index (κ3) is 8.12. The summed E-state index contributed by atoms with van der Waals surface area (Å²) >= 11 is 0. The van der Waals surface area contributed by atoms with E-state index in [2.05, 4.69) is 22.9 Å². The molecular weight excluding hydrogens is 354 g/mol. The number of hydrogen-bond donors (Lipinski definition) is 3. The number of amides is 2. The van der Waals surface area contributed by atoms with E-state index in [1.807, 2.05) is 24.3 Å². The fourth-order valence-corrected chi connectivity index (χ4v) is 2.62. The van der Waals surface area contributed by atoms with Crippen molar-refractivity contribution < 1.29 is 14.3 Å². The maximum Gasteiger partial charge on any atom is 0.243 e. The molecule has 0 atom stereocenters. The molecule has 0 spiro atoms. The Hall–Kier alpha value is -3.02. The van der Waals surface area contributed by atoms with Crippen LogP contribution < -0.4 is 20.7 Å². The molecule has 2 rings (SSSR count). The van der Waals surface area contributed by atoms with Crippen molar-refractivity contribution in [3.8, 4) is 5.75 Å². The van der Waals surface area contributed by atoms with Crippen molar-refractivity contribution in [1.29, 1.82) is 0 Å². The number of carbonyl (C=O) groups excluding carboxylic acids is 2. The third-order valence-corrected chi connectivity index (χ3v) is 4.06. The largest absolute Gasteiger partial charge is 0.494 e. The van der Waals surface area contributed by atoms with E-state index in [9.17, 15) is 9.59 Å². The third-order valence-electron chi connectivity index (χ3n) is 4.06. The normalized spacial score (nSPS) is 10.2. The van der Waals surface area contributed by atoms with Gasteiger partial charge in [0.2, 0.25) is 11.8 Å². The Bertz CT molecular complexity index is 743. The first-order chi connectivity index (χ1) is 13.6. The van der Waals surface area contributed by atoms with Crippen LogP contribution >= 0.6 is 0 Å². The minimum atomic E-state index is -0.150. The zero-order valence-electron chi connectivity index (χ0n) is 16.6. The maximum atomic E-state index is 12.1. The number of unbranched alkanes of at least 4 members (excludes halogenated alkanes) is 3. The lowest BCUT2D eigenvalue weighted by molar-refractivity contribution is -0.115. The molecule has 0 radical (unpaired) electrons. The molecule has 0 aliphatic carbocycles. The number of carbonyl (C=O) groups is 2. The van der Waals surface area contributed by atoms with Crippen LogP contribution in [0.3, 0.4) is 0 Å². The van der Waals surface area contributed by atoms with Crippen LogP contribution in [0.15, 0.2) is 48.5 Å². The first kappa shape index (κ1) is 21.3. The van der Waals surface area contributed by atoms with Gasteiger partial charge in [0, 0.05) is 24.0 Å². The molecule has 0 aliphatic heterocycles. The van der Waals surface area contributed by atoms with Crippen molar-refractivity contribution in [2.24, 2.45) is 0 Å². The number of anilines is 3. The molecule has 0 saturated carbocycles. The molecule has 0 aromatic heterocycles. The van der Waals surface area contributed by atoms with E-state index in [4.69, 9.17) is 4.74 Å². The van der Waals surface area contributed by atoms with Crippen LogP contribution in [0, 0.1) is 0 Å². The lowest BCUT2D eigenvalue weighted by atomic mass is 10.2. The molecular formula is C22H29N3O3. The van der Waals surface area contributed by atoms with Gasteiger partial charge in [-0.3, -0.25) is 9.59 Å². The molecule has 28 heavy (non-hydrogen) atoms. The standard InChI is InChI=1S/C22H29N3O3/c1-3-4-5-6-15-28-21-13-11-18(12-14-21)23-16-22(27)25-20-9-7-19(8-10-20)24-17(2)26/h7-14,23H,3-6,15-16H2,1-2H3,(H,24,26)(H,25,27). The summed E-state index contributed by atoms with van der Waals surface area (Å²) in [4.78, 5) is 23.1. The minimum absolute atomic E-state index is 0.131. The first-order valence-electron chi connectivity index (χ1n) is 9.71. The lowest BCUT2D eigenvalue weighted by Crippen LogP contribution is -2.21. The highest BCUT2D eigenvalue weighted by Gasteiger charge is 2.03. The van der Waals surface area contributed by atoms with Gasteiger partial charge >= 0.3 is 0 Å². The van der Waals surface area contributed by atoms with Crippen LogP contribution in [0.25, 0.3) is 0 Å². The van der Waals surface area contributed by atoms with Gasteiger partial charge in [0.1, 0.15) is 5.75 Å². The second-order valence-corrected chi connectivity index (χ2v) is 6.59. The molecule has 2 aromatic carbocycles. The second kappa shape index (κ2) is 11.6. The fraction of sp³-hybridized carbons (Fsp3) is 0.364. The summed E-state index contributed by atoms with van der Waals surface area (Å²) in [7, 11) is 0. The Morgan fingerprint density at radius 2 is 1.43 bits per heavy atom. The topological polar surface area (TPSA) is 79.5 Å². The number of hydrogen-bond acceptors (Lipinski definition) is 4. The van der Waals surface area contributed by atoms with Crippen LogP contribution in [0.1, 0.15) is 39.5 Å². The monoisotopic (exact) mass is 383 g/mol. The molecule has 0 unspecified atom stereocenters. The summed E-state index contributed by atoms with van der Waals surface area (Å²) in [5.74, 6) is 0.559. The number of nitrogens with one attached hydrogen (secondary N) is 3. The molecule has 150 valence electrons. The van der Waals surface area contributed by atoms with Gasteiger partial charge in [0.05, 0.1) is 13.2 Å². The van der Waals surface area contributed by atoms with Crippen LogP contribution in [0.5, 0.6) is 5.75 Å². The molecule has 0 heterocycles. The number of ether oxygens (including phenoxy) is 1. The van der Waals surface area contributed by atoms with Gasteiger partial charge in [-0.15, -0.1) is 0 Å². The zero-order valence-corrected chi connectivity index (χ0v) is 16.6. The second-order valence-electron chi connectivity index (χ2n) is 6.59. The van der Waals surface area contributed by atoms with Crippen LogP contribution in [-0.2, 0) is 9.59 Å². The van der Waals surface area contributed by atoms with Gasteiger partial charge in [-0.2, -0.15) is 0 Å². The van der Waals surface area contributed by atoms with E-state index in [0.29, 0.717) is 11.4 Å². The molecule has 6 heteroatoms. The van der Waals surface area contributed by atoms with Crippen molar-refractivity contribution in [2.75, 3.05) is 29.1 Å². The van der Waals surface area contributed by atoms with Gasteiger partial charge in [-0.1, -0.05) is 26.2 Å². The Balaban J connectivity index is 1.71. The molecule has 2 aromatic rings. The SMILES string of the molecule is CCCCCCOc1ccc(NCC(=O)Nc2ccc(NC(C)=O)cc2)cc1. The van der Waals surface area contributed by atoms with E-state index in [1.54, 1.807) is 24.3 Å². The highest BCUT2D eigenvalue weighted by molar-refractivity contribution is 5.94. The van der Waals surface area contributed by atoms with Gasteiger partial charge < -0.3 is 20.7 Å². The van der Waals surface area contributed by atoms with Crippen LogP contribution in [-0.4, -0.2) is 25.0 Å². The highest BCUT2D eigenvalue weighted by Crippen LogP contribution is 2.17. The summed E-state index contributed by atoms with van der Waals surface area (Å²) in [6.07, 6.45) is 4.73. The Morgan fingerprint density at radius 1 is 0.821 bits per heavy atom. The van der Waals surface area contributed by atoms with Crippen molar-refractivity contribution in [3.05, 3.63) is 48.5 Å². The van der Waals surface area contributed by atoms with E-state index in [1.165, 1.54) is 26.2 Å². The van der Waals surface area contributed by atoms with Crippen molar-refractivity contribution in [2.45, 2.75) is 39.5 Å². The fourth-order valence-electron chi connectivity index (χ4n) is 2.62. The Kier molecular flexibility index (Phi) is 8.85. The zero-order chi connectivity index (χ0) is 20.2. The molecule has 0 fully saturated rings. The molecule has 0 bridgehead atoms. The Labute approximate surface area is 166 Å². The molecule has 6 nitrogen and oxygen atoms in total. The highest BCUT2D eigenvalue weighted by atomic mass is 16.5. The van der Waals surface area contributed by atoms with E-state index in [-0.39, 0.29) is 18.4 Å². The first-order valence-corrected chi connectivity index (χ1v) is 9.71. The summed E-state index contributed by atoms with van der Waals surface area (Å²) in [5.41, 5.74) is 2.22. The van der Waals surface area contributed by atoms with Crippen LogP contribution in [0.2, 0.25) is 0 Å². The van der Waals surface area contributed by atoms with E-state index in [0.717, 1.165) is 24.5 Å². The van der Waals surface area contributed by atoms with Gasteiger partial charge in [-0.05, 0) is 55.0 Å². The molecule has 3 N–H and O–H groups in total. The van der Waals surface area contributed by atoms with Gasteiger partial charge in [-0.25, -0.2) is 0 Å². The average molecular weight is 383 g/mol. The summed E-state index contributed by atoms with van der Waals surface area (Å²) in [6, 6.07) is 14.6. The average Bonchev–Trinajstić information content (AvgIpc) is 2.68. The summed E-state index contributed by atoms with van der Waals surface area (Å²) in [6.45, 7) is 4.53. The van der Waals surface area contributed by atoms with E-state index >= 15 is 0 Å². The van der Waals surface area contributed by atoms with E-state index < -0.39 is 0 Å². The van der Waals surface area contributed by atoms with Crippen molar-refractivity contribution in [3.63, 3.8) is 0 Å². The van der Waals surface area contributed by atoms with Crippen molar-refractivity contribution >= 4 is 28.9 Å². The Morgan fingerprint density at radius 3 is 2.04 bits per heavy atom. The smallest absolute Gasteiger partial charge is 0.243 e. The molecule has 2 amide bonds. The lowest BCUT2D eigenvalue weighted by Gasteiger charge is -2.10. The van der Waals surface area contributed by atoms with Crippen molar-refractivity contribution in [1.82, 2.24) is 0 Å². The number of rotatable bonds is 11. The van der Waals surface area contributed by atoms with Gasteiger partial charge in [0.15, 0.2) is 0 Å². The quantitative estimate of drug-likeness (QED) is 0.493. The minimum Gasteiger partial charge on any atom is -0.494 e. The molecule has 0 aliphatic rings. The predicted octanol–water partition coefficient (Wildman–Crippen LogP) is 4.65. The molecule has 0 saturated heterocycles. The maximum absolute atomic E-state index is 12.1. The summed E-state index contributed by atoms with van der Waals surface area (Å²) < 4.78 is 5.71. The predicted molar refractivity (Wildman–Crippen MR) is 114 cm³/mol. The number of benzene rings is 2.